The number of esters is 1. The van der Waals surface area contributed by atoms with Crippen LogP contribution >= 0.6 is 11.8 Å². The number of unbranched alkanes of at least 4 members (excludes halogenated alkanes) is 1. The van der Waals surface area contributed by atoms with Gasteiger partial charge < -0.3 is 4.74 Å². The number of nitrogens with zero attached hydrogens (tertiary/aromatic N) is 2. The van der Waals surface area contributed by atoms with Crippen molar-refractivity contribution in [3.63, 3.8) is 0 Å². The van der Waals surface area contributed by atoms with E-state index in [-0.39, 0.29) is 12.4 Å². The topological polar surface area (TPSA) is 44.1 Å². The number of hydrogen-bond donors (Lipinski definition) is 0. The molecule has 0 aliphatic rings. The number of aryl methyl sites for hydroxylation is 1. The smallest absolute Gasteiger partial charge is 0.416 e. The summed E-state index contributed by atoms with van der Waals surface area (Å²) in [6.45, 7) is 4.62. The molecule has 2 aromatic rings. The molecule has 0 spiro atoms. The Balaban J connectivity index is 1.96. The summed E-state index contributed by atoms with van der Waals surface area (Å²) in [4.78, 5) is 12.5. The number of aromatic nitrogens is 2. The Morgan fingerprint density at radius 1 is 1.23 bits per heavy atom. The predicted octanol–water partition coefficient (Wildman–Crippen LogP) is 6.35. The van der Waals surface area contributed by atoms with Crippen LogP contribution in [0.1, 0.15) is 51.5 Å². The van der Waals surface area contributed by atoms with E-state index in [2.05, 4.69) is 18.9 Å². The zero-order valence-corrected chi connectivity index (χ0v) is 18.5. The first-order valence-electron chi connectivity index (χ1n) is 10.2. The lowest BCUT2D eigenvalue weighted by Crippen LogP contribution is -2.14. The SMILES string of the molecule is CCCCC(CC)COC(=O)CCSc1cc(-c2cnn(C)c2)cc(C(F)(F)F)c1. The molecule has 0 N–H and O–H groups in total. The molecule has 1 atom stereocenters. The molecule has 0 saturated heterocycles. The van der Waals surface area contributed by atoms with Crippen molar-refractivity contribution in [2.24, 2.45) is 13.0 Å². The fraction of sp³-hybridized carbons (Fsp3) is 0.545. The van der Waals surface area contributed by atoms with Gasteiger partial charge in [0.1, 0.15) is 0 Å². The van der Waals surface area contributed by atoms with E-state index in [0.717, 1.165) is 37.8 Å². The second-order valence-corrected chi connectivity index (χ2v) is 8.51. The Hall–Kier alpha value is -1.96. The number of halogens is 3. The van der Waals surface area contributed by atoms with Gasteiger partial charge in [0.15, 0.2) is 0 Å². The van der Waals surface area contributed by atoms with Crippen LogP contribution < -0.4 is 0 Å². The molecule has 1 aromatic carbocycles. The number of alkyl halides is 3. The van der Waals surface area contributed by atoms with Crippen molar-refractivity contribution in [2.45, 2.75) is 57.0 Å². The zero-order valence-electron chi connectivity index (χ0n) is 17.7. The molecule has 1 aromatic heterocycles. The normalized spacial score (nSPS) is 12.7. The van der Waals surface area contributed by atoms with E-state index in [1.807, 2.05) is 0 Å². The van der Waals surface area contributed by atoms with E-state index in [0.29, 0.717) is 34.3 Å². The zero-order chi connectivity index (χ0) is 22.1. The lowest BCUT2D eigenvalue weighted by Gasteiger charge is -2.14. The van der Waals surface area contributed by atoms with Gasteiger partial charge in [-0.2, -0.15) is 18.3 Å². The number of carbonyl (C=O) groups is 1. The van der Waals surface area contributed by atoms with Crippen molar-refractivity contribution in [3.05, 3.63) is 36.2 Å². The third-order valence-corrected chi connectivity index (χ3v) is 5.85. The highest BCUT2D eigenvalue weighted by molar-refractivity contribution is 7.99. The van der Waals surface area contributed by atoms with Crippen molar-refractivity contribution in [1.29, 1.82) is 0 Å². The minimum atomic E-state index is -4.44. The van der Waals surface area contributed by atoms with Crippen LogP contribution in [-0.2, 0) is 22.8 Å². The molecule has 0 radical (unpaired) electrons. The minimum absolute atomic E-state index is 0.160. The van der Waals surface area contributed by atoms with Crippen LogP contribution in [0.25, 0.3) is 11.1 Å². The van der Waals surface area contributed by atoms with E-state index >= 15 is 0 Å². The Kier molecular flexibility index (Phi) is 9.27. The molecule has 166 valence electrons. The third-order valence-electron chi connectivity index (χ3n) is 4.87. The van der Waals surface area contributed by atoms with Gasteiger partial charge in [0.25, 0.3) is 0 Å². The van der Waals surface area contributed by atoms with Gasteiger partial charge in [-0.1, -0.05) is 33.1 Å². The molecule has 1 heterocycles. The summed E-state index contributed by atoms with van der Waals surface area (Å²) >= 11 is 1.22. The maximum absolute atomic E-state index is 13.3. The van der Waals surface area contributed by atoms with Gasteiger partial charge >= 0.3 is 12.1 Å². The number of ether oxygens (including phenoxy) is 1. The molecule has 2 rings (SSSR count). The highest BCUT2D eigenvalue weighted by Crippen LogP contribution is 2.36. The number of hydrogen-bond acceptors (Lipinski definition) is 4. The van der Waals surface area contributed by atoms with Crippen molar-refractivity contribution in [1.82, 2.24) is 9.78 Å². The lowest BCUT2D eigenvalue weighted by atomic mass is 10.0. The third kappa shape index (κ3) is 7.70. The summed E-state index contributed by atoms with van der Waals surface area (Å²) in [7, 11) is 1.71. The molecule has 4 nitrogen and oxygen atoms in total. The molecule has 8 heteroatoms. The number of carbonyl (C=O) groups excluding carboxylic acids is 1. The van der Waals surface area contributed by atoms with Crippen LogP contribution in [0.15, 0.2) is 35.5 Å². The first kappa shape index (κ1) is 24.3. The first-order valence-corrected chi connectivity index (χ1v) is 11.2. The quantitative estimate of drug-likeness (QED) is 0.301. The molecule has 0 saturated carbocycles. The van der Waals surface area contributed by atoms with E-state index < -0.39 is 11.7 Å². The summed E-state index contributed by atoms with van der Waals surface area (Å²) in [5.41, 5.74) is 0.350. The highest BCUT2D eigenvalue weighted by Gasteiger charge is 2.31. The van der Waals surface area contributed by atoms with Crippen molar-refractivity contribution < 1.29 is 22.7 Å². The van der Waals surface area contributed by atoms with Crippen LogP contribution in [0.3, 0.4) is 0 Å². The van der Waals surface area contributed by atoms with E-state index in [1.54, 1.807) is 24.0 Å². The van der Waals surface area contributed by atoms with Gasteiger partial charge in [-0.25, -0.2) is 0 Å². The van der Waals surface area contributed by atoms with Gasteiger partial charge in [-0.15, -0.1) is 11.8 Å². The van der Waals surface area contributed by atoms with Crippen molar-refractivity contribution in [2.75, 3.05) is 12.4 Å². The molecule has 0 fully saturated rings. The van der Waals surface area contributed by atoms with E-state index in [4.69, 9.17) is 4.74 Å². The minimum Gasteiger partial charge on any atom is -0.465 e. The molecular formula is C22H29F3N2O2S. The second-order valence-electron chi connectivity index (χ2n) is 7.34. The maximum atomic E-state index is 13.3. The van der Waals surface area contributed by atoms with E-state index in [9.17, 15) is 18.0 Å². The Morgan fingerprint density at radius 2 is 2.00 bits per heavy atom. The highest BCUT2D eigenvalue weighted by atomic mass is 32.2. The molecule has 0 amide bonds. The number of thioether (sulfide) groups is 1. The van der Waals surface area contributed by atoms with Crippen LogP contribution in [0, 0.1) is 5.92 Å². The molecule has 1 unspecified atom stereocenters. The number of rotatable bonds is 11. The van der Waals surface area contributed by atoms with Crippen LogP contribution in [0.4, 0.5) is 13.2 Å². The Labute approximate surface area is 180 Å². The monoisotopic (exact) mass is 442 g/mol. The van der Waals surface area contributed by atoms with Gasteiger partial charge in [-0.3, -0.25) is 9.48 Å². The van der Waals surface area contributed by atoms with Crippen LogP contribution in [0.2, 0.25) is 0 Å². The Bertz CT molecular complexity index is 821. The molecule has 0 bridgehead atoms. The largest absolute Gasteiger partial charge is 0.465 e. The molecule has 30 heavy (non-hydrogen) atoms. The predicted molar refractivity (Wildman–Crippen MR) is 113 cm³/mol. The summed E-state index contributed by atoms with van der Waals surface area (Å²) in [6.07, 6.45) is 3.14. The van der Waals surface area contributed by atoms with Crippen LogP contribution in [-0.4, -0.2) is 28.1 Å². The van der Waals surface area contributed by atoms with Gasteiger partial charge in [0.05, 0.1) is 24.8 Å². The second kappa shape index (κ2) is 11.4. The molecule has 0 aliphatic heterocycles. The van der Waals surface area contributed by atoms with E-state index in [1.165, 1.54) is 18.0 Å². The summed E-state index contributed by atoms with van der Waals surface area (Å²) in [5, 5.41) is 4.03. The summed E-state index contributed by atoms with van der Waals surface area (Å²) in [6, 6.07) is 3.93. The molecule has 0 aliphatic carbocycles. The maximum Gasteiger partial charge on any atom is 0.416 e. The Morgan fingerprint density at radius 3 is 2.60 bits per heavy atom. The van der Waals surface area contributed by atoms with Crippen molar-refractivity contribution in [3.8, 4) is 11.1 Å². The van der Waals surface area contributed by atoms with Crippen molar-refractivity contribution >= 4 is 17.7 Å². The first-order chi connectivity index (χ1) is 14.2. The van der Waals surface area contributed by atoms with Gasteiger partial charge in [0, 0.05) is 29.5 Å². The fourth-order valence-electron chi connectivity index (χ4n) is 3.02. The fourth-order valence-corrected chi connectivity index (χ4v) is 3.94. The summed E-state index contributed by atoms with van der Waals surface area (Å²) < 4.78 is 46.8. The standard InChI is InChI=1S/C22H29F3N2O2S/c1-4-6-7-16(5-2)15-29-21(28)8-9-30-20-11-17(18-13-26-27(3)14-18)10-19(12-20)22(23,24)25/h10-14,16H,4-9,15H2,1-3H3. The average molecular weight is 443 g/mol. The number of benzene rings is 1. The van der Waals surface area contributed by atoms with Gasteiger partial charge in [0.2, 0.25) is 0 Å². The summed E-state index contributed by atoms with van der Waals surface area (Å²) in [5.74, 6) is 0.419. The molecular weight excluding hydrogens is 413 g/mol. The lowest BCUT2D eigenvalue weighted by molar-refractivity contribution is -0.144. The average Bonchev–Trinajstić information content (AvgIpc) is 3.13. The van der Waals surface area contributed by atoms with Crippen LogP contribution in [0.5, 0.6) is 0 Å². The van der Waals surface area contributed by atoms with Gasteiger partial charge in [-0.05, 0) is 36.1 Å².